The molecule has 4 aromatic carbocycles. The minimum Gasteiger partial charge on any atom is -0.508 e. The summed E-state index contributed by atoms with van der Waals surface area (Å²) < 4.78 is 40.7. The van der Waals surface area contributed by atoms with Crippen molar-refractivity contribution in [1.82, 2.24) is 0 Å². The Morgan fingerprint density at radius 1 is 0.667 bits per heavy atom. The van der Waals surface area contributed by atoms with Crippen LogP contribution in [0, 0.1) is 0 Å². The lowest BCUT2D eigenvalue weighted by Gasteiger charge is -2.28. The Labute approximate surface area is 320 Å². The number of ether oxygens (including phenoxy) is 3. The molecule has 1 aliphatic rings. The van der Waals surface area contributed by atoms with Crippen LogP contribution in [0.1, 0.15) is 46.6 Å². The minimum absolute atomic E-state index is 0.00711. The third-order valence-electron chi connectivity index (χ3n) is 9.75. The number of benzene rings is 4. The van der Waals surface area contributed by atoms with Crippen molar-refractivity contribution in [3.05, 3.63) is 172 Å². The van der Waals surface area contributed by atoms with E-state index in [9.17, 15) is 29.4 Å². The SMILES string of the molecule is CCOc1cccc2c(COC3Oc4ccc(Cc5cc(=O)oc6ccc(O)cc56)cc4-c4oc(=O)c(Cc5cc(=O)oc6cccc(O)c56)cc43)cc(=O)oc12. The average Bonchev–Trinajstić information content (AvgIpc) is 3.18. The smallest absolute Gasteiger partial charge is 0.339 e. The molecule has 57 heavy (non-hydrogen) atoms. The van der Waals surface area contributed by atoms with Gasteiger partial charge in [-0.3, -0.25) is 0 Å². The summed E-state index contributed by atoms with van der Waals surface area (Å²) in [6.45, 7) is 2.05. The highest BCUT2D eigenvalue weighted by Crippen LogP contribution is 2.44. The zero-order valence-corrected chi connectivity index (χ0v) is 30.0. The van der Waals surface area contributed by atoms with Crippen LogP contribution >= 0.6 is 0 Å². The van der Waals surface area contributed by atoms with Crippen LogP contribution in [0.15, 0.2) is 134 Å². The molecule has 0 bridgehead atoms. The molecule has 0 saturated carbocycles. The molecule has 1 atom stereocenters. The van der Waals surface area contributed by atoms with E-state index < -0.39 is 28.8 Å². The number of rotatable bonds is 9. The molecule has 2 N–H and O–H groups in total. The Balaban J connectivity index is 1.14. The van der Waals surface area contributed by atoms with E-state index in [0.717, 1.165) is 5.56 Å². The minimum atomic E-state index is -1.16. The molecule has 1 aliphatic heterocycles. The first-order chi connectivity index (χ1) is 27.6. The largest absolute Gasteiger partial charge is 0.508 e. The van der Waals surface area contributed by atoms with E-state index in [2.05, 4.69) is 0 Å². The maximum Gasteiger partial charge on any atom is 0.339 e. The molecule has 4 aromatic heterocycles. The summed E-state index contributed by atoms with van der Waals surface area (Å²) in [6.07, 6.45) is -1.03. The fraction of sp³-hybridized carbons (Fsp3) is 0.136. The third-order valence-corrected chi connectivity index (χ3v) is 9.75. The molecule has 0 amide bonds. The maximum absolute atomic E-state index is 13.8. The second kappa shape index (κ2) is 14.0. The van der Waals surface area contributed by atoms with Gasteiger partial charge in [0.25, 0.3) is 0 Å². The lowest BCUT2D eigenvalue weighted by atomic mass is 9.95. The molecular weight excluding hydrogens is 736 g/mol. The molecule has 0 aliphatic carbocycles. The topological polar surface area (TPSA) is 189 Å². The lowest BCUT2D eigenvalue weighted by molar-refractivity contribution is -0.0952. The molecule has 9 rings (SSSR count). The Bertz CT molecular complexity index is 3150. The van der Waals surface area contributed by atoms with Gasteiger partial charge in [-0.1, -0.05) is 24.3 Å². The van der Waals surface area contributed by atoms with Crippen molar-refractivity contribution in [1.29, 1.82) is 0 Å². The molecule has 5 heterocycles. The maximum atomic E-state index is 13.8. The van der Waals surface area contributed by atoms with Gasteiger partial charge in [-0.15, -0.1) is 0 Å². The molecule has 8 aromatic rings. The zero-order valence-electron chi connectivity index (χ0n) is 30.0. The number of hydrogen-bond donors (Lipinski definition) is 2. The van der Waals surface area contributed by atoms with Crippen molar-refractivity contribution in [3.63, 3.8) is 0 Å². The fourth-order valence-corrected chi connectivity index (χ4v) is 7.29. The molecule has 0 radical (unpaired) electrons. The summed E-state index contributed by atoms with van der Waals surface area (Å²) >= 11 is 0. The fourth-order valence-electron chi connectivity index (χ4n) is 7.29. The number of phenols is 2. The van der Waals surface area contributed by atoms with Crippen molar-refractivity contribution in [2.75, 3.05) is 6.61 Å². The van der Waals surface area contributed by atoms with Crippen LogP contribution in [-0.2, 0) is 24.2 Å². The van der Waals surface area contributed by atoms with Crippen molar-refractivity contribution < 1.29 is 42.1 Å². The zero-order chi connectivity index (χ0) is 39.4. The van der Waals surface area contributed by atoms with Gasteiger partial charge in [-0.05, 0) is 90.2 Å². The van der Waals surface area contributed by atoms with Gasteiger partial charge in [-0.25, -0.2) is 19.2 Å². The van der Waals surface area contributed by atoms with Crippen LogP contribution < -0.4 is 32.0 Å². The van der Waals surface area contributed by atoms with Crippen molar-refractivity contribution in [2.45, 2.75) is 32.7 Å². The quantitative estimate of drug-likeness (QED) is 0.140. The first kappa shape index (κ1) is 35.3. The summed E-state index contributed by atoms with van der Waals surface area (Å²) in [5.41, 5.74) is 1.25. The number of para-hydroxylation sites is 1. The highest BCUT2D eigenvalue weighted by atomic mass is 16.7. The summed E-state index contributed by atoms with van der Waals surface area (Å²) in [4.78, 5) is 51.5. The first-order valence-corrected chi connectivity index (χ1v) is 17.9. The molecule has 0 saturated heterocycles. The van der Waals surface area contributed by atoms with E-state index in [-0.39, 0.29) is 58.8 Å². The third kappa shape index (κ3) is 6.59. The number of phenolic OH excluding ortho intramolecular Hbond substituents is 2. The van der Waals surface area contributed by atoms with E-state index in [4.69, 9.17) is 31.9 Å². The molecule has 284 valence electrons. The number of fused-ring (bicyclic) bond motifs is 6. The van der Waals surface area contributed by atoms with Crippen LogP contribution in [0.25, 0.3) is 44.2 Å². The molecule has 13 heteroatoms. The predicted molar refractivity (Wildman–Crippen MR) is 206 cm³/mol. The van der Waals surface area contributed by atoms with Crippen LogP contribution in [0.4, 0.5) is 0 Å². The molecule has 13 nitrogen and oxygen atoms in total. The summed E-state index contributed by atoms with van der Waals surface area (Å²) in [5, 5.41) is 22.3. The standard InChI is InChI=1S/C44H30O13/c1-2-51-36-8-3-5-28-26(19-39(49)56-42(28)36)21-52-44-31-16-25(15-24-18-38(48)54-35-7-4-6-32(46)40(24)35)43(50)57-41(31)30-14-22(9-11-34(30)55-44)13-23-17-37(47)53-33-12-10-27(45)20-29(23)33/h3-12,14,16-20,44-46H,2,13,15,21H2,1H3. The molecule has 0 spiro atoms. The summed E-state index contributed by atoms with van der Waals surface area (Å²) in [7, 11) is 0. The van der Waals surface area contributed by atoms with E-state index in [1.807, 2.05) is 6.92 Å². The molecular formula is C44H30O13. The Morgan fingerprint density at radius 2 is 1.44 bits per heavy atom. The van der Waals surface area contributed by atoms with Gasteiger partial charge in [0.1, 0.15) is 28.4 Å². The van der Waals surface area contributed by atoms with E-state index in [1.54, 1.807) is 54.6 Å². The van der Waals surface area contributed by atoms with E-state index in [0.29, 0.717) is 62.3 Å². The van der Waals surface area contributed by atoms with E-state index in [1.165, 1.54) is 42.5 Å². The highest BCUT2D eigenvalue weighted by Gasteiger charge is 2.32. The Hall–Kier alpha value is -7.38. The Kier molecular flexibility index (Phi) is 8.70. The Morgan fingerprint density at radius 3 is 2.28 bits per heavy atom. The monoisotopic (exact) mass is 766 g/mol. The van der Waals surface area contributed by atoms with Gasteiger partial charge >= 0.3 is 22.5 Å². The van der Waals surface area contributed by atoms with Crippen molar-refractivity contribution in [2.24, 2.45) is 0 Å². The van der Waals surface area contributed by atoms with Gasteiger partial charge in [-0.2, -0.15) is 0 Å². The van der Waals surface area contributed by atoms with Crippen LogP contribution in [-0.4, -0.2) is 16.8 Å². The average molecular weight is 767 g/mol. The summed E-state index contributed by atoms with van der Waals surface area (Å²) in [6, 6.07) is 25.0. The molecule has 1 unspecified atom stereocenters. The molecule has 0 fully saturated rings. The van der Waals surface area contributed by atoms with Crippen molar-refractivity contribution in [3.8, 4) is 34.3 Å². The highest BCUT2D eigenvalue weighted by molar-refractivity contribution is 5.87. The second-order valence-electron chi connectivity index (χ2n) is 13.5. The number of aromatic hydroxyl groups is 2. The van der Waals surface area contributed by atoms with Crippen LogP contribution in [0.2, 0.25) is 0 Å². The summed E-state index contributed by atoms with van der Waals surface area (Å²) in [5.74, 6) is 0.760. The lowest BCUT2D eigenvalue weighted by Crippen LogP contribution is -2.21. The van der Waals surface area contributed by atoms with Gasteiger partial charge in [0.15, 0.2) is 17.1 Å². The van der Waals surface area contributed by atoms with Gasteiger partial charge in [0.05, 0.1) is 29.7 Å². The van der Waals surface area contributed by atoms with Crippen molar-refractivity contribution >= 4 is 32.9 Å². The van der Waals surface area contributed by atoms with Crippen LogP contribution in [0.5, 0.6) is 23.0 Å². The van der Waals surface area contributed by atoms with Gasteiger partial charge in [0, 0.05) is 41.0 Å². The van der Waals surface area contributed by atoms with Gasteiger partial charge < -0.3 is 42.1 Å². The van der Waals surface area contributed by atoms with E-state index >= 15 is 0 Å². The number of hydrogen-bond acceptors (Lipinski definition) is 13. The normalized spacial score (nSPS) is 13.4. The van der Waals surface area contributed by atoms with Crippen LogP contribution in [0.3, 0.4) is 0 Å². The first-order valence-electron chi connectivity index (χ1n) is 17.9. The predicted octanol–water partition coefficient (Wildman–Crippen LogP) is 7.23. The van der Waals surface area contributed by atoms with Gasteiger partial charge in [0.2, 0.25) is 6.29 Å². The second-order valence-corrected chi connectivity index (χ2v) is 13.5.